The minimum Gasteiger partial charge on any atom is -0.306 e. The summed E-state index contributed by atoms with van der Waals surface area (Å²) in [5.74, 6) is 0. The first-order valence-electron chi connectivity index (χ1n) is 18.5. The quantitative estimate of drug-likeness (QED) is 0.182. The predicted octanol–water partition coefficient (Wildman–Crippen LogP) is 12.1. The van der Waals surface area contributed by atoms with Crippen molar-refractivity contribution >= 4 is 38.0 Å². The Morgan fingerprint density at radius 1 is 0.351 bits per heavy atom. The Hall–Kier alpha value is -7.22. The maximum atomic E-state index is 13.9. The maximum Gasteiger partial charge on any atom is 0.338 e. The molecule has 57 heavy (non-hydrogen) atoms. The first kappa shape index (κ1) is 36.7. The molecule has 0 unspecified atom stereocenters. The number of aromatic nitrogens is 4. The molecule has 6 nitrogen and oxygen atoms in total. The molecule has 10 rings (SSSR count). The number of H-pyrrole nitrogens is 2. The molecule has 2 aromatic heterocycles. The molecule has 2 N–H and O–H groups in total. The van der Waals surface area contributed by atoms with E-state index in [9.17, 15) is 9.59 Å². The van der Waals surface area contributed by atoms with Crippen molar-refractivity contribution in [3.8, 4) is 44.8 Å². The lowest BCUT2D eigenvalue weighted by Crippen LogP contribution is -2.22. The molecule has 0 spiro atoms. The van der Waals surface area contributed by atoms with Crippen LogP contribution in [-0.4, -0.2) is 19.1 Å². The van der Waals surface area contributed by atoms with E-state index in [1.165, 1.54) is 11.1 Å². The van der Waals surface area contributed by atoms with Crippen LogP contribution in [-0.2, 0) is 0 Å². The van der Waals surface area contributed by atoms with Crippen LogP contribution in [0.2, 0.25) is 0 Å². The van der Waals surface area contributed by atoms with Gasteiger partial charge in [0.2, 0.25) is 0 Å². The molecule has 0 aliphatic heterocycles. The van der Waals surface area contributed by atoms with Crippen LogP contribution in [0.4, 0.5) is 0 Å². The van der Waals surface area contributed by atoms with Gasteiger partial charge in [0.25, 0.3) is 0 Å². The number of benzene rings is 8. The number of rotatable bonds is 5. The lowest BCUT2D eigenvalue weighted by atomic mass is 10.1. The molecule has 0 saturated carbocycles. The van der Waals surface area contributed by atoms with Crippen LogP contribution in [0.25, 0.3) is 66.8 Å². The Kier molecular flexibility index (Phi) is 11.0. The van der Waals surface area contributed by atoms with Crippen LogP contribution >= 0.6 is 15.9 Å². The number of nitrogens with zero attached hydrogens (tertiary/aromatic N) is 2. The van der Waals surface area contributed by atoms with Crippen molar-refractivity contribution in [2.75, 3.05) is 0 Å². The third kappa shape index (κ3) is 8.39. The van der Waals surface area contributed by atoms with Gasteiger partial charge in [-0.25, -0.2) is 9.59 Å². The van der Waals surface area contributed by atoms with E-state index < -0.39 is 0 Å². The molecule has 276 valence electrons. The first-order chi connectivity index (χ1) is 28.0. The molecule has 7 heteroatoms. The summed E-state index contributed by atoms with van der Waals surface area (Å²) in [5.41, 5.74) is 11.8. The van der Waals surface area contributed by atoms with E-state index in [1.807, 2.05) is 127 Å². The molecule has 8 aromatic carbocycles. The van der Waals surface area contributed by atoms with E-state index in [0.29, 0.717) is 0 Å². The molecule has 0 fully saturated rings. The molecular formula is C50H37BrN4O2. The highest BCUT2D eigenvalue weighted by Crippen LogP contribution is 2.27. The van der Waals surface area contributed by atoms with Gasteiger partial charge in [-0.3, -0.25) is 9.13 Å². The lowest BCUT2D eigenvalue weighted by Gasteiger charge is -2.08. The van der Waals surface area contributed by atoms with Crippen LogP contribution in [0.1, 0.15) is 0 Å². The highest BCUT2D eigenvalue weighted by Gasteiger charge is 2.16. The van der Waals surface area contributed by atoms with Crippen molar-refractivity contribution in [3.63, 3.8) is 0 Å². The molecule has 10 aromatic rings. The molecule has 0 aliphatic rings. The summed E-state index contributed by atoms with van der Waals surface area (Å²) in [4.78, 5) is 29.9. The minimum atomic E-state index is -0.152. The fraction of sp³-hybridized carbons (Fsp3) is 0. The second-order valence-electron chi connectivity index (χ2n) is 13.3. The molecule has 0 bridgehead atoms. The van der Waals surface area contributed by atoms with E-state index >= 15 is 0 Å². The molecule has 0 radical (unpaired) electrons. The third-order valence-corrected chi connectivity index (χ3v) is 10.0. The molecule has 0 aliphatic carbocycles. The van der Waals surface area contributed by atoms with Gasteiger partial charge >= 0.3 is 11.4 Å². The zero-order valence-corrected chi connectivity index (χ0v) is 32.4. The number of halogens is 1. The molecular weight excluding hydrogens is 768 g/mol. The minimum absolute atomic E-state index is 0.0865. The smallest absolute Gasteiger partial charge is 0.306 e. The van der Waals surface area contributed by atoms with Crippen molar-refractivity contribution in [3.05, 3.63) is 238 Å². The lowest BCUT2D eigenvalue weighted by molar-refractivity contribution is 0.931. The van der Waals surface area contributed by atoms with Crippen LogP contribution in [0.15, 0.2) is 226 Å². The number of aromatic amines is 2. The molecule has 2 heterocycles. The number of imidazole rings is 2. The summed E-state index contributed by atoms with van der Waals surface area (Å²) in [5, 5.41) is 0. The van der Waals surface area contributed by atoms with Gasteiger partial charge in [-0.15, -0.1) is 0 Å². The van der Waals surface area contributed by atoms with Gasteiger partial charge in [0.15, 0.2) is 0 Å². The van der Waals surface area contributed by atoms with Gasteiger partial charge in [-0.2, -0.15) is 0 Å². The van der Waals surface area contributed by atoms with Crippen LogP contribution < -0.4 is 11.4 Å². The molecule has 0 atom stereocenters. The number of nitrogens with one attached hydrogen (secondary N) is 2. The van der Waals surface area contributed by atoms with Gasteiger partial charge in [0.1, 0.15) is 0 Å². The Balaban J connectivity index is 0.000000160. The standard InChI is InChI=1S/C31H22N2O.C12H9Br.C7H6N2O/c34-31-32(27-17-9-15-25(21-27)23-11-3-1-4-12-23)29-19-7-8-20-30(29)33(31)28-18-10-16-26(22-28)24-13-5-2-6-14-24;13-12-8-4-7-11(9-12)10-5-2-1-3-6-10;10-7-8-5-3-1-2-4-6(5)9-7/h1-22H;1-9H;1-4H,(H2,8,9,10). The van der Waals surface area contributed by atoms with Crippen molar-refractivity contribution in [2.45, 2.75) is 0 Å². The summed E-state index contributed by atoms with van der Waals surface area (Å²) in [6, 6.07) is 70.9. The summed E-state index contributed by atoms with van der Waals surface area (Å²) < 4.78 is 4.72. The average molecular weight is 806 g/mol. The van der Waals surface area contributed by atoms with Crippen LogP contribution in [0.5, 0.6) is 0 Å². The summed E-state index contributed by atoms with van der Waals surface area (Å²) >= 11 is 3.46. The fourth-order valence-corrected chi connectivity index (χ4v) is 7.23. The van der Waals surface area contributed by atoms with E-state index in [0.717, 1.165) is 60.2 Å². The molecule has 0 saturated heterocycles. The van der Waals surface area contributed by atoms with E-state index in [2.05, 4.69) is 111 Å². The molecule has 0 amide bonds. The maximum absolute atomic E-state index is 13.9. The number of hydrogen-bond acceptors (Lipinski definition) is 2. The number of hydrogen-bond donors (Lipinski definition) is 2. The number of fused-ring (bicyclic) bond motifs is 2. The third-order valence-electron chi connectivity index (χ3n) is 9.52. The summed E-state index contributed by atoms with van der Waals surface area (Å²) in [7, 11) is 0. The Bertz CT molecular complexity index is 2860. The summed E-state index contributed by atoms with van der Waals surface area (Å²) in [6.45, 7) is 0. The van der Waals surface area contributed by atoms with Gasteiger partial charge in [0, 0.05) is 4.47 Å². The fourth-order valence-electron chi connectivity index (χ4n) is 6.83. The zero-order chi connectivity index (χ0) is 39.0. The SMILES string of the molecule is Brc1cccc(-c2ccccc2)c1.O=c1[nH]c2ccccc2[nH]1.O=c1n(-c2cccc(-c3ccccc3)c2)c2ccccc2n1-c1cccc(-c2ccccc2)c1. The van der Waals surface area contributed by atoms with E-state index in [4.69, 9.17) is 0 Å². The van der Waals surface area contributed by atoms with Crippen LogP contribution in [0, 0.1) is 0 Å². The van der Waals surface area contributed by atoms with Crippen LogP contribution in [0.3, 0.4) is 0 Å². The highest BCUT2D eigenvalue weighted by atomic mass is 79.9. The predicted molar refractivity (Wildman–Crippen MR) is 238 cm³/mol. The Morgan fingerprint density at radius 2 is 0.702 bits per heavy atom. The highest BCUT2D eigenvalue weighted by molar-refractivity contribution is 9.10. The van der Waals surface area contributed by atoms with E-state index in [-0.39, 0.29) is 11.4 Å². The van der Waals surface area contributed by atoms with Crippen molar-refractivity contribution < 1.29 is 0 Å². The largest absolute Gasteiger partial charge is 0.338 e. The van der Waals surface area contributed by atoms with Gasteiger partial charge in [0.05, 0.1) is 33.4 Å². The Labute approximate surface area is 338 Å². The second-order valence-corrected chi connectivity index (χ2v) is 14.2. The topological polar surface area (TPSA) is 75.6 Å². The normalized spacial score (nSPS) is 10.7. The monoisotopic (exact) mass is 804 g/mol. The van der Waals surface area contributed by atoms with Crippen molar-refractivity contribution in [1.29, 1.82) is 0 Å². The average Bonchev–Trinajstić information content (AvgIpc) is 3.80. The van der Waals surface area contributed by atoms with Gasteiger partial charge in [-0.05, 0) is 94.0 Å². The van der Waals surface area contributed by atoms with Gasteiger partial charge in [-0.1, -0.05) is 168 Å². The Morgan fingerprint density at radius 3 is 1.12 bits per heavy atom. The zero-order valence-electron chi connectivity index (χ0n) is 30.8. The van der Waals surface area contributed by atoms with Gasteiger partial charge < -0.3 is 9.97 Å². The number of para-hydroxylation sites is 4. The first-order valence-corrected chi connectivity index (χ1v) is 19.3. The summed E-state index contributed by atoms with van der Waals surface area (Å²) in [6.07, 6.45) is 0. The van der Waals surface area contributed by atoms with E-state index in [1.54, 1.807) is 9.13 Å². The second kappa shape index (κ2) is 17.1. The van der Waals surface area contributed by atoms with Crippen molar-refractivity contribution in [2.24, 2.45) is 0 Å². The van der Waals surface area contributed by atoms with Crippen molar-refractivity contribution in [1.82, 2.24) is 19.1 Å².